The quantitative estimate of drug-likeness (QED) is 0.692. The number of hydrogen-bond acceptors (Lipinski definition) is 5. The number of rotatable bonds is 4. The second-order valence-corrected chi connectivity index (χ2v) is 5.05. The first-order valence-corrected chi connectivity index (χ1v) is 7.03. The van der Waals surface area contributed by atoms with E-state index in [0.717, 1.165) is 11.1 Å². The summed E-state index contributed by atoms with van der Waals surface area (Å²) in [5.74, 6) is 0.205. The molecule has 0 heterocycles. The van der Waals surface area contributed by atoms with Crippen molar-refractivity contribution < 1.29 is 24.1 Å². The highest BCUT2D eigenvalue weighted by atomic mass is 16.6. The summed E-state index contributed by atoms with van der Waals surface area (Å²) in [6.07, 6.45) is 0.235. The van der Waals surface area contributed by atoms with E-state index in [4.69, 9.17) is 14.2 Å². The number of esters is 1. The number of benzene rings is 2. The topological polar surface area (TPSA) is 65.0 Å². The summed E-state index contributed by atoms with van der Waals surface area (Å²) in [4.78, 5) is 11.7. The van der Waals surface area contributed by atoms with Gasteiger partial charge in [-0.1, -0.05) is 6.92 Å². The molecule has 2 aromatic carbocycles. The Labute approximate surface area is 129 Å². The van der Waals surface area contributed by atoms with E-state index in [1.807, 2.05) is 26.0 Å². The molecule has 0 saturated carbocycles. The summed E-state index contributed by atoms with van der Waals surface area (Å²) in [7, 11) is 2.86. The van der Waals surface area contributed by atoms with Crippen molar-refractivity contribution in [3.63, 3.8) is 0 Å². The summed E-state index contributed by atoms with van der Waals surface area (Å²) >= 11 is 0. The third-order valence-corrected chi connectivity index (χ3v) is 3.67. The first kappa shape index (κ1) is 15.9. The van der Waals surface area contributed by atoms with Gasteiger partial charge in [0.15, 0.2) is 11.5 Å². The molecule has 5 nitrogen and oxygen atoms in total. The van der Waals surface area contributed by atoms with Crippen LogP contribution in [0.25, 0.3) is 10.8 Å². The molecule has 2 rings (SSSR count). The number of fused-ring (bicyclic) bond motifs is 1. The average Bonchev–Trinajstić information content (AvgIpc) is 2.51. The minimum Gasteiger partial charge on any atom is -0.504 e. The molecule has 5 heteroatoms. The van der Waals surface area contributed by atoms with Gasteiger partial charge < -0.3 is 19.3 Å². The maximum absolute atomic E-state index is 11.7. The summed E-state index contributed by atoms with van der Waals surface area (Å²) in [6.45, 7) is 5.61. The molecule has 0 spiro atoms. The third-order valence-electron chi connectivity index (χ3n) is 3.67. The highest BCUT2D eigenvalue weighted by Gasteiger charge is 2.24. The minimum absolute atomic E-state index is 0.0336. The van der Waals surface area contributed by atoms with Crippen molar-refractivity contribution in [1.29, 1.82) is 0 Å². The highest BCUT2D eigenvalue weighted by Crippen LogP contribution is 2.51. The van der Waals surface area contributed by atoms with Gasteiger partial charge in [0.2, 0.25) is 11.5 Å². The highest BCUT2D eigenvalue weighted by molar-refractivity contribution is 6.00. The van der Waals surface area contributed by atoms with Crippen molar-refractivity contribution >= 4 is 16.7 Å². The van der Waals surface area contributed by atoms with Crippen LogP contribution in [0.1, 0.15) is 24.5 Å². The van der Waals surface area contributed by atoms with Gasteiger partial charge in [-0.3, -0.25) is 4.79 Å². The van der Waals surface area contributed by atoms with Crippen LogP contribution in [0.5, 0.6) is 23.0 Å². The number of aromatic hydroxyl groups is 1. The number of phenols is 1. The van der Waals surface area contributed by atoms with Crippen LogP contribution in [0.2, 0.25) is 0 Å². The summed E-state index contributed by atoms with van der Waals surface area (Å²) in [5, 5.41) is 11.6. The average molecular weight is 304 g/mol. The van der Waals surface area contributed by atoms with Crippen LogP contribution < -0.4 is 14.2 Å². The SMILES string of the molecule is CCC(=O)Oc1c(OC)c(OC)c(O)c2cc(C)c(C)cc12. The van der Waals surface area contributed by atoms with Crippen molar-refractivity contribution in [1.82, 2.24) is 0 Å². The van der Waals surface area contributed by atoms with Crippen LogP contribution in [-0.2, 0) is 4.79 Å². The Morgan fingerprint density at radius 1 is 1.00 bits per heavy atom. The molecule has 0 aliphatic carbocycles. The molecule has 0 saturated heterocycles. The van der Waals surface area contributed by atoms with Crippen molar-refractivity contribution in [2.24, 2.45) is 0 Å². The second kappa shape index (κ2) is 6.13. The molecule has 0 aliphatic heterocycles. The first-order valence-electron chi connectivity index (χ1n) is 7.03. The maximum atomic E-state index is 11.7. The molecule has 0 unspecified atom stereocenters. The van der Waals surface area contributed by atoms with Gasteiger partial charge in [0.05, 0.1) is 14.2 Å². The van der Waals surface area contributed by atoms with Gasteiger partial charge in [-0.15, -0.1) is 0 Å². The Balaban J connectivity index is 2.90. The molecule has 22 heavy (non-hydrogen) atoms. The van der Waals surface area contributed by atoms with Gasteiger partial charge >= 0.3 is 5.97 Å². The Morgan fingerprint density at radius 2 is 1.55 bits per heavy atom. The van der Waals surface area contributed by atoms with Gasteiger partial charge in [0, 0.05) is 17.2 Å². The summed E-state index contributed by atoms with van der Waals surface area (Å²) in [5.41, 5.74) is 2.04. The molecule has 0 aromatic heterocycles. The molecule has 0 fully saturated rings. The van der Waals surface area contributed by atoms with Gasteiger partial charge in [0.1, 0.15) is 0 Å². The predicted octanol–water partition coefficient (Wildman–Crippen LogP) is 3.49. The van der Waals surface area contributed by atoms with E-state index in [1.54, 1.807) is 6.92 Å². The summed E-state index contributed by atoms with van der Waals surface area (Å²) < 4.78 is 16.0. The molecule has 1 N–H and O–H groups in total. The van der Waals surface area contributed by atoms with Crippen LogP contribution in [0.4, 0.5) is 0 Å². The van der Waals surface area contributed by atoms with Crippen LogP contribution in [0.15, 0.2) is 12.1 Å². The molecular weight excluding hydrogens is 284 g/mol. The molecule has 0 aliphatic rings. The van der Waals surface area contributed by atoms with E-state index in [0.29, 0.717) is 10.8 Å². The second-order valence-electron chi connectivity index (χ2n) is 5.05. The van der Waals surface area contributed by atoms with Crippen molar-refractivity contribution in [2.75, 3.05) is 14.2 Å². The van der Waals surface area contributed by atoms with E-state index >= 15 is 0 Å². The van der Waals surface area contributed by atoms with Gasteiger partial charge in [-0.05, 0) is 37.1 Å². The molecular formula is C17H20O5. The number of hydrogen-bond donors (Lipinski definition) is 1. The molecule has 2 aromatic rings. The Kier molecular flexibility index (Phi) is 4.45. The van der Waals surface area contributed by atoms with Crippen LogP contribution in [-0.4, -0.2) is 25.3 Å². The number of aryl methyl sites for hydroxylation is 2. The first-order chi connectivity index (χ1) is 10.4. The van der Waals surface area contributed by atoms with E-state index in [2.05, 4.69) is 0 Å². The predicted molar refractivity (Wildman–Crippen MR) is 84.1 cm³/mol. The Hall–Kier alpha value is -2.43. The Bertz CT molecular complexity index is 734. The fourth-order valence-corrected chi connectivity index (χ4v) is 2.32. The lowest BCUT2D eigenvalue weighted by Crippen LogP contribution is -2.08. The lowest BCUT2D eigenvalue weighted by atomic mass is 10.00. The third kappa shape index (κ3) is 2.54. The van der Waals surface area contributed by atoms with E-state index < -0.39 is 0 Å². The molecule has 0 bridgehead atoms. The fraction of sp³-hybridized carbons (Fsp3) is 0.353. The number of carbonyl (C=O) groups excluding carboxylic acids is 1. The van der Waals surface area contributed by atoms with Crippen molar-refractivity contribution in [3.05, 3.63) is 23.3 Å². The zero-order valence-electron chi connectivity index (χ0n) is 13.4. The fourth-order valence-electron chi connectivity index (χ4n) is 2.32. The number of ether oxygens (including phenoxy) is 3. The van der Waals surface area contributed by atoms with Gasteiger partial charge in [-0.25, -0.2) is 0 Å². The van der Waals surface area contributed by atoms with E-state index in [1.165, 1.54) is 14.2 Å². The van der Waals surface area contributed by atoms with E-state index in [-0.39, 0.29) is 35.4 Å². The number of phenolic OH excluding ortho intramolecular Hbond substituents is 1. The smallest absolute Gasteiger partial charge is 0.311 e. The monoisotopic (exact) mass is 304 g/mol. The van der Waals surface area contributed by atoms with Crippen LogP contribution in [0, 0.1) is 13.8 Å². The van der Waals surface area contributed by atoms with Crippen molar-refractivity contribution in [2.45, 2.75) is 27.2 Å². The lowest BCUT2D eigenvalue weighted by molar-refractivity contribution is -0.134. The summed E-state index contributed by atoms with van der Waals surface area (Å²) in [6, 6.07) is 3.70. The largest absolute Gasteiger partial charge is 0.504 e. The number of carbonyl (C=O) groups is 1. The minimum atomic E-state index is -0.384. The van der Waals surface area contributed by atoms with Gasteiger partial charge in [-0.2, -0.15) is 0 Å². The zero-order valence-corrected chi connectivity index (χ0v) is 13.4. The van der Waals surface area contributed by atoms with Crippen LogP contribution >= 0.6 is 0 Å². The number of methoxy groups -OCH3 is 2. The standard InChI is InChI=1S/C17H20O5/c1-6-13(18)22-15-12-8-10(3)9(2)7-11(12)14(19)16(20-4)17(15)21-5/h7-8,19H,6H2,1-5H3. The molecule has 118 valence electrons. The lowest BCUT2D eigenvalue weighted by Gasteiger charge is -2.18. The molecule has 0 amide bonds. The van der Waals surface area contributed by atoms with E-state index in [9.17, 15) is 9.90 Å². The Morgan fingerprint density at radius 3 is 2.05 bits per heavy atom. The van der Waals surface area contributed by atoms with Gasteiger partial charge in [0.25, 0.3) is 0 Å². The molecule has 0 atom stereocenters. The zero-order chi connectivity index (χ0) is 16.4. The molecule has 0 radical (unpaired) electrons. The van der Waals surface area contributed by atoms with Crippen molar-refractivity contribution in [3.8, 4) is 23.0 Å². The normalized spacial score (nSPS) is 10.6. The maximum Gasteiger partial charge on any atom is 0.311 e. The van der Waals surface area contributed by atoms with Crippen LogP contribution in [0.3, 0.4) is 0 Å².